The van der Waals surface area contributed by atoms with Crippen molar-refractivity contribution in [3.05, 3.63) is 77.5 Å². The average molecular weight is 377 g/mol. The number of fused-ring (bicyclic) bond motifs is 1. The van der Waals surface area contributed by atoms with E-state index in [2.05, 4.69) is 10.3 Å². The largest absolute Gasteiger partial charge is 0.482 e. The Morgan fingerprint density at radius 3 is 2.82 bits per heavy atom. The lowest BCUT2D eigenvalue weighted by Crippen LogP contribution is -2.38. The van der Waals surface area contributed by atoms with Crippen molar-refractivity contribution >= 4 is 17.5 Å². The molecule has 7 heteroatoms. The van der Waals surface area contributed by atoms with Crippen LogP contribution in [0, 0.1) is 6.92 Å². The minimum Gasteiger partial charge on any atom is -0.482 e. The zero-order chi connectivity index (χ0) is 19.5. The minimum absolute atomic E-state index is 0.0178. The molecule has 0 aliphatic carbocycles. The number of amides is 2. The second kappa shape index (κ2) is 7.56. The maximum absolute atomic E-state index is 12.3. The number of nitrogens with one attached hydrogen (secondary N) is 1. The minimum atomic E-state index is -0.312. The normalized spacial score (nSPS) is 13.0. The molecule has 0 saturated heterocycles. The maximum Gasteiger partial charge on any atom is 0.287 e. The summed E-state index contributed by atoms with van der Waals surface area (Å²) in [4.78, 5) is 30.2. The number of benzene rings is 1. The van der Waals surface area contributed by atoms with Gasteiger partial charge in [0.1, 0.15) is 11.5 Å². The van der Waals surface area contributed by atoms with Gasteiger partial charge in [-0.1, -0.05) is 6.07 Å². The van der Waals surface area contributed by atoms with Crippen LogP contribution in [0.5, 0.6) is 5.75 Å². The van der Waals surface area contributed by atoms with E-state index in [-0.39, 0.29) is 30.7 Å². The van der Waals surface area contributed by atoms with Crippen molar-refractivity contribution < 1.29 is 18.7 Å². The second-order valence-electron chi connectivity index (χ2n) is 6.54. The molecule has 1 aromatic carbocycles. The number of carbonyl (C=O) groups is 2. The van der Waals surface area contributed by atoms with Crippen molar-refractivity contribution in [3.8, 4) is 5.75 Å². The van der Waals surface area contributed by atoms with Crippen LogP contribution in [0.4, 0.5) is 5.69 Å². The van der Waals surface area contributed by atoms with Crippen LogP contribution >= 0.6 is 0 Å². The molecule has 0 fully saturated rings. The Morgan fingerprint density at radius 1 is 1.18 bits per heavy atom. The van der Waals surface area contributed by atoms with Crippen LogP contribution in [0.25, 0.3) is 0 Å². The second-order valence-corrected chi connectivity index (χ2v) is 6.54. The molecular formula is C21H19N3O4. The molecule has 1 aliphatic rings. The Labute approximate surface area is 161 Å². The topological polar surface area (TPSA) is 84.7 Å². The monoisotopic (exact) mass is 377 g/mol. The van der Waals surface area contributed by atoms with Gasteiger partial charge in [-0.05, 0) is 54.4 Å². The first-order valence-corrected chi connectivity index (χ1v) is 8.90. The third-order valence-electron chi connectivity index (χ3n) is 4.46. The Hall–Kier alpha value is -3.61. The van der Waals surface area contributed by atoms with Gasteiger partial charge in [0.25, 0.3) is 11.8 Å². The summed E-state index contributed by atoms with van der Waals surface area (Å²) in [6.07, 6.45) is 3.34. The van der Waals surface area contributed by atoms with E-state index in [1.807, 2.05) is 37.3 Å². The smallest absolute Gasteiger partial charge is 0.287 e. The Morgan fingerprint density at radius 2 is 2.00 bits per heavy atom. The third kappa shape index (κ3) is 3.73. The molecule has 1 N–H and O–H groups in total. The van der Waals surface area contributed by atoms with Crippen molar-refractivity contribution in [1.82, 2.24) is 10.3 Å². The predicted octanol–water partition coefficient (Wildman–Crippen LogP) is 2.84. The van der Waals surface area contributed by atoms with E-state index in [9.17, 15) is 9.59 Å². The van der Waals surface area contributed by atoms with Gasteiger partial charge in [-0.25, -0.2) is 0 Å². The molecule has 142 valence electrons. The van der Waals surface area contributed by atoms with E-state index < -0.39 is 0 Å². The lowest BCUT2D eigenvalue weighted by atomic mass is 10.1. The number of aryl methyl sites for hydroxylation is 1. The zero-order valence-electron chi connectivity index (χ0n) is 15.3. The molecule has 3 heterocycles. The standard InChI is InChI=1S/C21H19N3O4/c1-14-2-4-18-17(10-14)24(20(25)13-27-18)12-16-3-5-19(28-16)21(26)23-11-15-6-8-22-9-7-15/h2-10H,11-13H2,1H3,(H,23,26). The highest BCUT2D eigenvalue weighted by atomic mass is 16.5. The maximum atomic E-state index is 12.3. The van der Waals surface area contributed by atoms with E-state index >= 15 is 0 Å². The molecule has 0 radical (unpaired) electrons. The van der Waals surface area contributed by atoms with Crippen LogP contribution in [-0.2, 0) is 17.9 Å². The number of anilines is 1. The van der Waals surface area contributed by atoms with E-state index in [0.717, 1.165) is 11.1 Å². The number of aromatic nitrogens is 1. The van der Waals surface area contributed by atoms with Crippen LogP contribution in [0.1, 0.15) is 27.4 Å². The number of nitrogens with zero attached hydrogens (tertiary/aromatic N) is 2. The molecule has 0 bridgehead atoms. The Balaban J connectivity index is 1.46. The number of carbonyl (C=O) groups excluding carboxylic acids is 2. The van der Waals surface area contributed by atoms with Gasteiger partial charge in [-0.3, -0.25) is 19.5 Å². The van der Waals surface area contributed by atoms with Gasteiger partial charge in [0, 0.05) is 18.9 Å². The van der Waals surface area contributed by atoms with Crippen LogP contribution in [0.15, 0.2) is 59.3 Å². The summed E-state index contributed by atoms with van der Waals surface area (Å²) in [5, 5.41) is 2.80. The number of hydrogen-bond donors (Lipinski definition) is 1. The van der Waals surface area contributed by atoms with Gasteiger partial charge in [0.15, 0.2) is 12.4 Å². The first-order valence-electron chi connectivity index (χ1n) is 8.90. The number of furan rings is 1. The average Bonchev–Trinajstić information content (AvgIpc) is 3.18. The van der Waals surface area contributed by atoms with Gasteiger partial charge in [-0.15, -0.1) is 0 Å². The first kappa shape index (κ1) is 17.8. The molecule has 2 aromatic heterocycles. The zero-order valence-corrected chi connectivity index (χ0v) is 15.3. The molecule has 2 amide bonds. The highest BCUT2D eigenvalue weighted by Gasteiger charge is 2.27. The van der Waals surface area contributed by atoms with Crippen LogP contribution in [0.2, 0.25) is 0 Å². The molecular weight excluding hydrogens is 358 g/mol. The Kier molecular flexibility index (Phi) is 4.80. The fourth-order valence-corrected chi connectivity index (χ4v) is 3.00. The molecule has 0 saturated carbocycles. The summed E-state index contributed by atoms with van der Waals surface area (Å²) < 4.78 is 11.2. The van der Waals surface area contributed by atoms with Crippen LogP contribution < -0.4 is 15.0 Å². The molecule has 28 heavy (non-hydrogen) atoms. The molecule has 3 aromatic rings. The van der Waals surface area contributed by atoms with Crippen molar-refractivity contribution in [2.75, 3.05) is 11.5 Å². The van der Waals surface area contributed by atoms with Gasteiger partial charge in [0.2, 0.25) is 0 Å². The van der Waals surface area contributed by atoms with E-state index in [1.54, 1.807) is 29.4 Å². The van der Waals surface area contributed by atoms with Crippen molar-refractivity contribution in [2.45, 2.75) is 20.0 Å². The summed E-state index contributed by atoms with van der Waals surface area (Å²) in [5.41, 5.74) is 2.68. The third-order valence-corrected chi connectivity index (χ3v) is 4.46. The molecule has 0 spiro atoms. The first-order chi connectivity index (χ1) is 13.6. The molecule has 4 rings (SSSR count). The number of rotatable bonds is 5. The number of ether oxygens (including phenoxy) is 1. The fourth-order valence-electron chi connectivity index (χ4n) is 3.00. The van der Waals surface area contributed by atoms with Gasteiger partial charge in [-0.2, -0.15) is 0 Å². The van der Waals surface area contributed by atoms with Crippen LogP contribution in [-0.4, -0.2) is 23.4 Å². The molecule has 1 aliphatic heterocycles. The van der Waals surface area contributed by atoms with Crippen molar-refractivity contribution in [2.24, 2.45) is 0 Å². The van der Waals surface area contributed by atoms with E-state index in [1.165, 1.54) is 0 Å². The summed E-state index contributed by atoms with van der Waals surface area (Å²) in [5.74, 6) is 0.920. The predicted molar refractivity (Wildman–Crippen MR) is 102 cm³/mol. The highest BCUT2D eigenvalue weighted by molar-refractivity contribution is 5.97. The summed E-state index contributed by atoms with van der Waals surface area (Å²) in [6.45, 7) is 2.55. The van der Waals surface area contributed by atoms with Crippen molar-refractivity contribution in [3.63, 3.8) is 0 Å². The fraction of sp³-hybridized carbons (Fsp3) is 0.190. The lowest BCUT2D eigenvalue weighted by Gasteiger charge is -2.29. The lowest BCUT2D eigenvalue weighted by molar-refractivity contribution is -0.121. The molecule has 7 nitrogen and oxygen atoms in total. The van der Waals surface area contributed by atoms with Gasteiger partial charge in [0.05, 0.1) is 12.2 Å². The Bertz CT molecular complexity index is 1010. The van der Waals surface area contributed by atoms with Gasteiger partial charge >= 0.3 is 0 Å². The summed E-state index contributed by atoms with van der Waals surface area (Å²) >= 11 is 0. The van der Waals surface area contributed by atoms with Crippen molar-refractivity contribution in [1.29, 1.82) is 0 Å². The highest BCUT2D eigenvalue weighted by Crippen LogP contribution is 2.34. The van der Waals surface area contributed by atoms with E-state index in [0.29, 0.717) is 23.7 Å². The molecule has 0 unspecified atom stereocenters. The number of hydrogen-bond acceptors (Lipinski definition) is 5. The summed E-state index contributed by atoms with van der Waals surface area (Å²) in [7, 11) is 0. The molecule has 0 atom stereocenters. The van der Waals surface area contributed by atoms with Crippen LogP contribution in [0.3, 0.4) is 0 Å². The summed E-state index contributed by atoms with van der Waals surface area (Å²) in [6, 6.07) is 12.7. The van der Waals surface area contributed by atoms with Gasteiger partial charge < -0.3 is 14.5 Å². The quantitative estimate of drug-likeness (QED) is 0.739. The number of pyridine rings is 1. The SMILES string of the molecule is Cc1ccc2c(c1)N(Cc1ccc(C(=O)NCc3ccncc3)o1)C(=O)CO2. The van der Waals surface area contributed by atoms with E-state index in [4.69, 9.17) is 9.15 Å².